The zero-order chi connectivity index (χ0) is 10.4. The number of nitrogens with one attached hydrogen (secondary N) is 2. The van der Waals surface area contributed by atoms with Gasteiger partial charge in [-0.05, 0) is 26.0 Å². The second-order valence-electron chi connectivity index (χ2n) is 3.13. The monoisotopic (exact) mass is 192 g/mol. The lowest BCUT2D eigenvalue weighted by Gasteiger charge is -2.14. The maximum atomic E-state index is 11.4. The third-order valence-electron chi connectivity index (χ3n) is 1.90. The zero-order valence-corrected chi connectivity index (χ0v) is 8.58. The molecule has 1 rings (SSSR count). The smallest absolute Gasteiger partial charge is 0.242 e. The molecule has 3 nitrogen and oxygen atoms in total. The van der Waals surface area contributed by atoms with Gasteiger partial charge in [0, 0.05) is 12.2 Å². The Morgan fingerprint density at radius 2 is 2.00 bits per heavy atom. The van der Waals surface area contributed by atoms with Crippen LogP contribution < -0.4 is 10.6 Å². The molecule has 1 aromatic rings. The fourth-order valence-corrected chi connectivity index (χ4v) is 1.18. The van der Waals surface area contributed by atoms with Gasteiger partial charge in [0.05, 0.1) is 0 Å². The first-order chi connectivity index (χ1) is 6.74. The predicted octanol–water partition coefficient (Wildman–Crippen LogP) is 1.62. The van der Waals surface area contributed by atoms with Gasteiger partial charge in [0.2, 0.25) is 5.91 Å². The van der Waals surface area contributed by atoms with Gasteiger partial charge in [-0.3, -0.25) is 4.79 Å². The highest BCUT2D eigenvalue weighted by atomic mass is 16.2. The molecule has 0 aliphatic heterocycles. The molecule has 1 aromatic carbocycles. The highest BCUT2D eigenvalue weighted by Gasteiger charge is 2.10. The molecule has 2 N–H and O–H groups in total. The van der Waals surface area contributed by atoms with Crippen molar-refractivity contribution in [1.29, 1.82) is 0 Å². The van der Waals surface area contributed by atoms with Crippen molar-refractivity contribution in [2.24, 2.45) is 0 Å². The van der Waals surface area contributed by atoms with E-state index in [9.17, 15) is 4.79 Å². The van der Waals surface area contributed by atoms with E-state index in [-0.39, 0.29) is 11.9 Å². The number of para-hydroxylation sites is 1. The van der Waals surface area contributed by atoms with E-state index in [1.807, 2.05) is 44.2 Å². The summed E-state index contributed by atoms with van der Waals surface area (Å²) in [5.41, 5.74) is 0.964. The summed E-state index contributed by atoms with van der Waals surface area (Å²) in [5, 5.41) is 5.88. The highest BCUT2D eigenvalue weighted by molar-refractivity contribution is 5.84. The maximum absolute atomic E-state index is 11.4. The molecule has 0 saturated heterocycles. The van der Waals surface area contributed by atoms with E-state index >= 15 is 0 Å². The largest absolute Gasteiger partial charge is 0.374 e. The molecule has 76 valence electrons. The van der Waals surface area contributed by atoms with E-state index in [2.05, 4.69) is 10.6 Å². The van der Waals surface area contributed by atoms with Gasteiger partial charge in [0.1, 0.15) is 6.04 Å². The Balaban J connectivity index is 2.49. The first-order valence-electron chi connectivity index (χ1n) is 4.83. The molecule has 1 amide bonds. The van der Waals surface area contributed by atoms with Crippen molar-refractivity contribution in [3.05, 3.63) is 30.3 Å². The van der Waals surface area contributed by atoms with Crippen LogP contribution in [0.1, 0.15) is 13.8 Å². The number of amides is 1. The molecule has 0 heterocycles. The van der Waals surface area contributed by atoms with Crippen LogP contribution in [0.5, 0.6) is 0 Å². The number of likely N-dealkylation sites (N-methyl/N-ethyl adjacent to an activating group) is 1. The molecule has 0 saturated carbocycles. The molecule has 0 bridgehead atoms. The van der Waals surface area contributed by atoms with Crippen LogP contribution in [0.2, 0.25) is 0 Å². The fourth-order valence-electron chi connectivity index (χ4n) is 1.18. The van der Waals surface area contributed by atoms with E-state index in [1.54, 1.807) is 0 Å². The average Bonchev–Trinajstić information content (AvgIpc) is 2.19. The van der Waals surface area contributed by atoms with Gasteiger partial charge in [-0.1, -0.05) is 18.2 Å². The van der Waals surface area contributed by atoms with Gasteiger partial charge in [-0.2, -0.15) is 0 Å². The van der Waals surface area contributed by atoms with E-state index in [1.165, 1.54) is 0 Å². The van der Waals surface area contributed by atoms with Crippen LogP contribution >= 0.6 is 0 Å². The maximum Gasteiger partial charge on any atom is 0.242 e. The van der Waals surface area contributed by atoms with Crippen molar-refractivity contribution in [3.63, 3.8) is 0 Å². The Bertz CT molecular complexity index is 285. The third-order valence-corrected chi connectivity index (χ3v) is 1.90. The van der Waals surface area contributed by atoms with Crippen LogP contribution in [-0.2, 0) is 4.79 Å². The van der Waals surface area contributed by atoms with Crippen LogP contribution in [0.15, 0.2) is 30.3 Å². The minimum absolute atomic E-state index is 0.0244. The lowest BCUT2D eigenvalue weighted by molar-refractivity contribution is -0.121. The highest BCUT2D eigenvalue weighted by Crippen LogP contribution is 2.06. The molecule has 14 heavy (non-hydrogen) atoms. The van der Waals surface area contributed by atoms with E-state index < -0.39 is 0 Å². The number of hydrogen-bond acceptors (Lipinski definition) is 2. The summed E-state index contributed by atoms with van der Waals surface area (Å²) in [7, 11) is 0. The number of rotatable bonds is 4. The van der Waals surface area contributed by atoms with E-state index in [0.717, 1.165) is 5.69 Å². The normalized spacial score (nSPS) is 11.9. The van der Waals surface area contributed by atoms with Crippen LogP contribution in [0.3, 0.4) is 0 Å². The van der Waals surface area contributed by atoms with Crippen LogP contribution in [0.4, 0.5) is 5.69 Å². The second-order valence-corrected chi connectivity index (χ2v) is 3.13. The van der Waals surface area contributed by atoms with Crippen molar-refractivity contribution in [2.75, 3.05) is 11.9 Å². The van der Waals surface area contributed by atoms with Gasteiger partial charge in [-0.15, -0.1) is 0 Å². The Labute approximate surface area is 84.5 Å². The van der Waals surface area contributed by atoms with Gasteiger partial charge < -0.3 is 10.6 Å². The SMILES string of the molecule is CCNC(=O)C(C)Nc1ccccc1. The minimum Gasteiger partial charge on any atom is -0.374 e. The van der Waals surface area contributed by atoms with Gasteiger partial charge >= 0.3 is 0 Å². The number of hydrogen-bond donors (Lipinski definition) is 2. The van der Waals surface area contributed by atoms with Gasteiger partial charge in [-0.25, -0.2) is 0 Å². The topological polar surface area (TPSA) is 41.1 Å². The third kappa shape index (κ3) is 3.09. The van der Waals surface area contributed by atoms with Crippen molar-refractivity contribution in [2.45, 2.75) is 19.9 Å². The molecular formula is C11H16N2O. The Morgan fingerprint density at radius 1 is 1.36 bits per heavy atom. The first kappa shape index (κ1) is 10.6. The Morgan fingerprint density at radius 3 is 2.57 bits per heavy atom. The Hall–Kier alpha value is -1.51. The number of benzene rings is 1. The van der Waals surface area contributed by atoms with Crippen molar-refractivity contribution < 1.29 is 4.79 Å². The molecule has 0 aliphatic carbocycles. The molecule has 0 spiro atoms. The van der Waals surface area contributed by atoms with Gasteiger partial charge in [0.25, 0.3) is 0 Å². The van der Waals surface area contributed by atoms with Crippen molar-refractivity contribution in [3.8, 4) is 0 Å². The first-order valence-corrected chi connectivity index (χ1v) is 4.83. The summed E-state index contributed by atoms with van der Waals surface area (Å²) in [6, 6.07) is 9.50. The summed E-state index contributed by atoms with van der Waals surface area (Å²) >= 11 is 0. The summed E-state index contributed by atoms with van der Waals surface area (Å²) < 4.78 is 0. The summed E-state index contributed by atoms with van der Waals surface area (Å²) in [4.78, 5) is 11.4. The number of carbonyl (C=O) groups excluding carboxylic acids is 1. The quantitative estimate of drug-likeness (QED) is 0.761. The summed E-state index contributed by atoms with van der Waals surface area (Å²) in [6.07, 6.45) is 0. The molecule has 0 aliphatic rings. The molecule has 0 aromatic heterocycles. The van der Waals surface area contributed by atoms with Crippen LogP contribution in [0.25, 0.3) is 0 Å². The lowest BCUT2D eigenvalue weighted by atomic mass is 10.2. The van der Waals surface area contributed by atoms with Gasteiger partial charge in [0.15, 0.2) is 0 Å². The van der Waals surface area contributed by atoms with Crippen molar-refractivity contribution in [1.82, 2.24) is 5.32 Å². The molecule has 0 fully saturated rings. The Kier molecular flexibility index (Phi) is 3.98. The van der Waals surface area contributed by atoms with Crippen molar-refractivity contribution >= 4 is 11.6 Å². The standard InChI is InChI=1S/C11H16N2O/c1-3-12-11(14)9(2)13-10-7-5-4-6-8-10/h4-9,13H,3H2,1-2H3,(H,12,14). The molecule has 1 unspecified atom stereocenters. The second kappa shape index (κ2) is 5.27. The lowest BCUT2D eigenvalue weighted by Crippen LogP contribution is -2.37. The van der Waals surface area contributed by atoms with E-state index in [0.29, 0.717) is 6.54 Å². The molecular weight excluding hydrogens is 176 g/mol. The number of anilines is 1. The molecule has 3 heteroatoms. The minimum atomic E-state index is -0.197. The van der Waals surface area contributed by atoms with Crippen LogP contribution in [-0.4, -0.2) is 18.5 Å². The number of carbonyl (C=O) groups is 1. The van der Waals surface area contributed by atoms with E-state index in [4.69, 9.17) is 0 Å². The fraction of sp³-hybridized carbons (Fsp3) is 0.364. The average molecular weight is 192 g/mol. The molecule has 1 atom stereocenters. The van der Waals surface area contributed by atoms with Crippen LogP contribution in [0, 0.1) is 0 Å². The predicted molar refractivity (Wildman–Crippen MR) is 58.2 cm³/mol. The zero-order valence-electron chi connectivity index (χ0n) is 8.58. The summed E-state index contributed by atoms with van der Waals surface area (Å²) in [6.45, 7) is 4.42. The molecule has 0 radical (unpaired) electrons. The summed E-state index contributed by atoms with van der Waals surface area (Å²) in [5.74, 6) is 0.0244.